The highest BCUT2D eigenvalue weighted by atomic mass is 32.2. The lowest BCUT2D eigenvalue weighted by molar-refractivity contribution is -0.107. The van der Waals surface area contributed by atoms with Gasteiger partial charge in [-0.2, -0.15) is 0 Å². The minimum Gasteiger partial charge on any atom is -0.303 e. The number of aldehydes is 1. The highest BCUT2D eigenvalue weighted by molar-refractivity contribution is 7.70. The Hall–Kier alpha value is -0.420. The first kappa shape index (κ1) is 7.58. The summed E-state index contributed by atoms with van der Waals surface area (Å²) in [5.74, 6) is 0. The molecule has 0 aromatic rings. The molecule has 0 saturated heterocycles. The molecule has 0 spiro atoms. The van der Waals surface area contributed by atoms with Crippen LogP contribution in [0.4, 0.5) is 0 Å². The van der Waals surface area contributed by atoms with Crippen LogP contribution in [-0.4, -0.2) is 21.2 Å². The highest BCUT2D eigenvalue weighted by Gasteiger charge is 1.81. The summed E-state index contributed by atoms with van der Waals surface area (Å²) >= 11 is 0. The lowest BCUT2D eigenvalue weighted by Gasteiger charge is -1.85. The van der Waals surface area contributed by atoms with Gasteiger partial charge < -0.3 is 4.79 Å². The molecule has 0 unspecified atom stereocenters. The van der Waals surface area contributed by atoms with E-state index in [4.69, 9.17) is 0 Å². The molecule has 0 rings (SSSR count). The molecule has 8 heavy (non-hydrogen) atoms. The second-order valence-electron chi connectivity index (χ2n) is 1.12. The fourth-order valence-electron chi connectivity index (χ4n) is 0.215. The van der Waals surface area contributed by atoms with Crippen LogP contribution < -0.4 is 4.72 Å². The summed E-state index contributed by atoms with van der Waals surface area (Å²) in [6.45, 7) is 0.211. The zero-order valence-electron chi connectivity index (χ0n) is 4.16. The molecular formula is C3H7NO3S. The van der Waals surface area contributed by atoms with Crippen LogP contribution in [0.2, 0.25) is 0 Å². The van der Waals surface area contributed by atoms with Crippen LogP contribution >= 0.6 is 0 Å². The smallest absolute Gasteiger partial charge is 0.201 e. The molecule has 0 aromatic heterocycles. The normalized spacial score (nSPS) is 9.62. The minimum atomic E-state index is -2.52. The molecular weight excluding hydrogens is 130 g/mol. The summed E-state index contributed by atoms with van der Waals surface area (Å²) in [6.07, 6.45) is 0.898. The molecule has 0 fully saturated rings. The molecule has 5 heteroatoms. The van der Waals surface area contributed by atoms with E-state index >= 15 is 0 Å². The summed E-state index contributed by atoms with van der Waals surface area (Å²) in [7, 11) is -2.52. The molecule has 48 valence electrons. The second kappa shape index (κ2) is 4.73. The van der Waals surface area contributed by atoms with E-state index in [1.807, 2.05) is 0 Å². The number of hydrogen-bond donors (Lipinski definition) is 2. The van der Waals surface area contributed by atoms with Gasteiger partial charge in [0.05, 0.1) is 0 Å². The monoisotopic (exact) mass is 137 g/mol. The van der Waals surface area contributed by atoms with Crippen LogP contribution in [0.5, 0.6) is 0 Å². The Balaban J connectivity index is 3.05. The predicted molar refractivity (Wildman–Crippen MR) is 29.0 cm³/mol. The first-order valence-electron chi connectivity index (χ1n) is 2.09. The van der Waals surface area contributed by atoms with Crippen LogP contribution in [0.3, 0.4) is 0 Å². The SMILES string of the molecule is O=CCCN[SH](=O)=O. The lowest BCUT2D eigenvalue weighted by atomic mass is 10.5. The van der Waals surface area contributed by atoms with Crippen molar-refractivity contribution in [1.82, 2.24) is 4.72 Å². The van der Waals surface area contributed by atoms with Gasteiger partial charge in [-0.05, 0) is 0 Å². The van der Waals surface area contributed by atoms with Gasteiger partial charge in [0.15, 0.2) is 0 Å². The Bertz CT molecular complexity index is 122. The van der Waals surface area contributed by atoms with E-state index in [1.165, 1.54) is 0 Å². The van der Waals surface area contributed by atoms with Crippen molar-refractivity contribution in [1.29, 1.82) is 0 Å². The number of nitrogens with one attached hydrogen (secondary N) is 1. The average Bonchev–Trinajstić information content (AvgIpc) is 1.66. The van der Waals surface area contributed by atoms with Crippen LogP contribution in [0, 0.1) is 0 Å². The molecule has 0 radical (unpaired) electrons. The van der Waals surface area contributed by atoms with Gasteiger partial charge in [-0.15, -0.1) is 0 Å². The topological polar surface area (TPSA) is 63.2 Å². The van der Waals surface area contributed by atoms with Crippen LogP contribution in [0.1, 0.15) is 6.42 Å². The maximum atomic E-state index is 9.68. The average molecular weight is 137 g/mol. The molecule has 0 heterocycles. The van der Waals surface area contributed by atoms with Crippen molar-refractivity contribution in [2.45, 2.75) is 6.42 Å². The van der Waals surface area contributed by atoms with Gasteiger partial charge in [0, 0.05) is 13.0 Å². The first-order chi connectivity index (χ1) is 3.77. The molecule has 0 aliphatic carbocycles. The van der Waals surface area contributed by atoms with E-state index < -0.39 is 10.9 Å². The number of rotatable bonds is 4. The Morgan fingerprint density at radius 2 is 2.12 bits per heavy atom. The van der Waals surface area contributed by atoms with Gasteiger partial charge in [-0.25, -0.2) is 13.1 Å². The molecule has 0 aliphatic rings. The van der Waals surface area contributed by atoms with Gasteiger partial charge in [-0.1, -0.05) is 0 Å². The summed E-state index contributed by atoms with van der Waals surface area (Å²) in [5.41, 5.74) is 0. The molecule has 0 aromatic carbocycles. The third kappa shape index (κ3) is 5.58. The highest BCUT2D eigenvalue weighted by Crippen LogP contribution is 1.63. The third-order valence-corrected chi connectivity index (χ3v) is 0.985. The Labute approximate surface area is 49.0 Å². The molecule has 0 aliphatic heterocycles. The molecule has 0 atom stereocenters. The number of thiol groups is 1. The van der Waals surface area contributed by atoms with Crippen LogP contribution in [0.25, 0.3) is 0 Å². The fourth-order valence-corrected chi connectivity index (χ4v) is 0.526. The van der Waals surface area contributed by atoms with E-state index in [0.717, 1.165) is 0 Å². The minimum absolute atomic E-state index is 0.211. The Kier molecular flexibility index (Phi) is 4.48. The molecule has 0 bridgehead atoms. The zero-order chi connectivity index (χ0) is 6.41. The number of carbonyl (C=O) groups excluding carboxylic acids is 1. The molecule has 0 amide bonds. The molecule has 4 nitrogen and oxygen atoms in total. The summed E-state index contributed by atoms with van der Waals surface area (Å²) in [5, 5.41) is 0. The predicted octanol–water partition coefficient (Wildman–Crippen LogP) is -1.31. The van der Waals surface area contributed by atoms with Gasteiger partial charge in [-0.3, -0.25) is 0 Å². The van der Waals surface area contributed by atoms with E-state index in [0.29, 0.717) is 6.29 Å². The van der Waals surface area contributed by atoms with Crippen molar-refractivity contribution in [2.24, 2.45) is 0 Å². The second-order valence-corrected chi connectivity index (χ2v) is 1.95. The lowest BCUT2D eigenvalue weighted by Crippen LogP contribution is -2.12. The summed E-state index contributed by atoms with van der Waals surface area (Å²) in [6, 6.07) is 0. The maximum Gasteiger partial charge on any atom is 0.201 e. The van der Waals surface area contributed by atoms with Crippen molar-refractivity contribution in [2.75, 3.05) is 6.54 Å². The van der Waals surface area contributed by atoms with Gasteiger partial charge in [0.25, 0.3) is 0 Å². The van der Waals surface area contributed by atoms with Crippen molar-refractivity contribution >= 4 is 17.2 Å². The van der Waals surface area contributed by atoms with E-state index in [2.05, 4.69) is 4.72 Å². The van der Waals surface area contributed by atoms with Gasteiger partial charge in [0.1, 0.15) is 6.29 Å². The fraction of sp³-hybridized carbons (Fsp3) is 0.667. The quantitative estimate of drug-likeness (QED) is 0.287. The largest absolute Gasteiger partial charge is 0.303 e. The van der Waals surface area contributed by atoms with Crippen molar-refractivity contribution in [3.8, 4) is 0 Å². The summed E-state index contributed by atoms with van der Waals surface area (Å²) in [4.78, 5) is 9.55. The van der Waals surface area contributed by atoms with E-state index in [-0.39, 0.29) is 13.0 Å². The number of carbonyl (C=O) groups is 1. The van der Waals surface area contributed by atoms with Crippen LogP contribution in [-0.2, 0) is 15.7 Å². The Morgan fingerprint density at radius 3 is 2.50 bits per heavy atom. The van der Waals surface area contributed by atoms with Crippen molar-refractivity contribution < 1.29 is 13.2 Å². The molecule has 1 N–H and O–H groups in total. The molecule has 0 saturated carbocycles. The third-order valence-electron chi connectivity index (χ3n) is 0.503. The maximum absolute atomic E-state index is 9.68. The standard InChI is InChI=1S/C3H7NO3S/c5-3-1-2-4-8(6)7/h3,8H,1-2H2,(H,4,6,7). The number of hydrogen-bond acceptors (Lipinski definition) is 3. The van der Waals surface area contributed by atoms with Crippen molar-refractivity contribution in [3.05, 3.63) is 0 Å². The first-order valence-corrected chi connectivity index (χ1v) is 3.26. The van der Waals surface area contributed by atoms with Crippen LogP contribution in [0.15, 0.2) is 0 Å². The van der Waals surface area contributed by atoms with Gasteiger partial charge >= 0.3 is 0 Å². The Morgan fingerprint density at radius 1 is 1.50 bits per heavy atom. The van der Waals surface area contributed by atoms with E-state index in [9.17, 15) is 13.2 Å². The summed E-state index contributed by atoms with van der Waals surface area (Å²) < 4.78 is 21.4. The zero-order valence-corrected chi connectivity index (χ0v) is 5.06. The van der Waals surface area contributed by atoms with Crippen molar-refractivity contribution in [3.63, 3.8) is 0 Å². The van der Waals surface area contributed by atoms with E-state index in [1.54, 1.807) is 0 Å². The van der Waals surface area contributed by atoms with Gasteiger partial charge in [0.2, 0.25) is 10.9 Å².